The number of hydrogen-bond donors (Lipinski definition) is 5. The molecule has 0 unspecified atom stereocenters. The van der Waals surface area contributed by atoms with Crippen molar-refractivity contribution in [3.8, 4) is 23.0 Å². The van der Waals surface area contributed by atoms with E-state index in [9.17, 15) is 25.5 Å². The van der Waals surface area contributed by atoms with Crippen LogP contribution in [0.3, 0.4) is 0 Å². The first-order valence-corrected chi connectivity index (χ1v) is 15.2. The maximum atomic E-state index is 11.1. The smallest absolute Gasteiger partial charge is 0.161 e. The molecule has 2 aliphatic carbocycles. The zero-order valence-electron chi connectivity index (χ0n) is 24.2. The molecule has 0 aromatic heterocycles. The molecule has 0 radical (unpaired) electrons. The summed E-state index contributed by atoms with van der Waals surface area (Å²) in [6.07, 6.45) is 12.2. The number of methoxy groups -OCH3 is 1. The summed E-state index contributed by atoms with van der Waals surface area (Å²) in [6, 6.07) is 11.6. The quantitative estimate of drug-likeness (QED) is 0.191. The van der Waals surface area contributed by atoms with E-state index in [1.54, 1.807) is 7.11 Å². The van der Waals surface area contributed by atoms with E-state index in [4.69, 9.17) is 4.74 Å². The molecule has 3 aromatic carbocycles. The Kier molecular flexibility index (Phi) is 9.41. The van der Waals surface area contributed by atoms with Crippen LogP contribution < -0.4 is 4.74 Å². The van der Waals surface area contributed by atoms with Crippen molar-refractivity contribution in [1.82, 2.24) is 0 Å². The first-order valence-electron chi connectivity index (χ1n) is 15.2. The summed E-state index contributed by atoms with van der Waals surface area (Å²) in [7, 11) is 1.54. The topological polar surface area (TPSA) is 110 Å². The molecular formula is C35H44O6. The van der Waals surface area contributed by atoms with Gasteiger partial charge in [0, 0.05) is 23.1 Å². The third-order valence-corrected chi connectivity index (χ3v) is 9.22. The number of ether oxygens (including phenoxy) is 1. The lowest BCUT2D eigenvalue weighted by atomic mass is 9.81. The monoisotopic (exact) mass is 560 g/mol. The van der Waals surface area contributed by atoms with Crippen LogP contribution in [0.4, 0.5) is 0 Å². The second-order valence-electron chi connectivity index (χ2n) is 12.0. The molecule has 41 heavy (non-hydrogen) atoms. The number of aliphatic hydroxyl groups excluding tert-OH is 2. The molecule has 5 N–H and O–H groups in total. The van der Waals surface area contributed by atoms with Gasteiger partial charge in [0.15, 0.2) is 11.5 Å². The lowest BCUT2D eigenvalue weighted by molar-refractivity contribution is 0.274. The number of aliphatic hydroxyl groups is 2. The first-order chi connectivity index (χ1) is 19.9. The second-order valence-corrected chi connectivity index (χ2v) is 12.0. The fourth-order valence-electron chi connectivity index (χ4n) is 7.05. The Labute approximate surface area is 243 Å². The summed E-state index contributed by atoms with van der Waals surface area (Å²) >= 11 is 0. The Hall–Kier alpha value is -3.22. The molecule has 0 amide bonds. The number of benzene rings is 3. The molecule has 0 saturated heterocycles. The van der Waals surface area contributed by atoms with Crippen molar-refractivity contribution in [2.75, 3.05) is 7.11 Å². The van der Waals surface area contributed by atoms with E-state index in [0.29, 0.717) is 41.2 Å². The predicted molar refractivity (Wildman–Crippen MR) is 160 cm³/mol. The highest BCUT2D eigenvalue weighted by Crippen LogP contribution is 2.42. The largest absolute Gasteiger partial charge is 0.507 e. The standard InChI is InChI=1S/C35H44O6/c1-41-32-19-23(12-22-15-28(20-36)33(38)30(17-22)25-8-4-2-5-9-25)13-27(35(32)40)14-24-16-29(21-37)34(39)31(18-24)26-10-6-3-7-11-26/h13,15-19,25-26,36-40H,2-12,14,20-21H2,1H3. The summed E-state index contributed by atoms with van der Waals surface area (Å²) < 4.78 is 5.56. The molecule has 2 saturated carbocycles. The minimum absolute atomic E-state index is 0.0822. The zero-order valence-corrected chi connectivity index (χ0v) is 24.2. The maximum absolute atomic E-state index is 11.1. The molecular weight excluding hydrogens is 516 g/mol. The third kappa shape index (κ3) is 6.49. The van der Waals surface area contributed by atoms with Gasteiger partial charge >= 0.3 is 0 Å². The van der Waals surface area contributed by atoms with Crippen LogP contribution in [0.5, 0.6) is 23.0 Å². The van der Waals surface area contributed by atoms with Gasteiger partial charge in [-0.1, -0.05) is 56.7 Å². The van der Waals surface area contributed by atoms with Crippen LogP contribution in [-0.4, -0.2) is 32.6 Å². The molecule has 0 aliphatic heterocycles. The normalized spacial score (nSPS) is 16.7. The Balaban J connectivity index is 1.48. The van der Waals surface area contributed by atoms with Gasteiger partial charge in [-0.3, -0.25) is 0 Å². The van der Waals surface area contributed by atoms with Gasteiger partial charge in [-0.25, -0.2) is 0 Å². The minimum atomic E-state index is -0.244. The van der Waals surface area contributed by atoms with Gasteiger partial charge in [-0.05, 0) is 90.0 Å². The lowest BCUT2D eigenvalue weighted by Crippen LogP contribution is -2.07. The van der Waals surface area contributed by atoms with Gasteiger partial charge in [0.05, 0.1) is 20.3 Å². The molecule has 0 spiro atoms. The van der Waals surface area contributed by atoms with E-state index in [-0.39, 0.29) is 36.4 Å². The van der Waals surface area contributed by atoms with E-state index in [1.165, 1.54) is 12.8 Å². The minimum Gasteiger partial charge on any atom is -0.507 e. The van der Waals surface area contributed by atoms with Crippen LogP contribution >= 0.6 is 0 Å². The molecule has 3 aromatic rings. The fraction of sp³-hybridized carbons (Fsp3) is 0.486. The van der Waals surface area contributed by atoms with Crippen molar-refractivity contribution in [1.29, 1.82) is 0 Å². The van der Waals surface area contributed by atoms with Crippen molar-refractivity contribution in [2.24, 2.45) is 0 Å². The van der Waals surface area contributed by atoms with Crippen LogP contribution in [0.2, 0.25) is 0 Å². The van der Waals surface area contributed by atoms with Gasteiger partial charge in [-0.15, -0.1) is 0 Å². The summed E-state index contributed by atoms with van der Waals surface area (Å²) in [5.41, 5.74) is 6.46. The Morgan fingerprint density at radius 1 is 0.561 bits per heavy atom. The zero-order chi connectivity index (χ0) is 28.9. The number of phenols is 3. The molecule has 2 fully saturated rings. The van der Waals surface area contributed by atoms with Crippen molar-refractivity contribution in [3.05, 3.63) is 80.9 Å². The Bertz CT molecular complexity index is 1350. The van der Waals surface area contributed by atoms with E-state index >= 15 is 0 Å². The summed E-state index contributed by atoms with van der Waals surface area (Å²) in [5.74, 6) is 1.45. The van der Waals surface area contributed by atoms with Gasteiger partial charge in [0.25, 0.3) is 0 Å². The highest BCUT2D eigenvalue weighted by molar-refractivity contribution is 5.54. The average molecular weight is 561 g/mol. The molecule has 0 atom stereocenters. The van der Waals surface area contributed by atoms with Crippen molar-refractivity contribution in [2.45, 2.75) is 102 Å². The SMILES string of the molecule is COc1cc(Cc2cc(CO)c(O)c(C3CCCCC3)c2)cc(Cc2cc(CO)c(O)c(C3CCCCC3)c2)c1O. The van der Waals surface area contributed by atoms with E-state index < -0.39 is 0 Å². The number of hydrogen-bond acceptors (Lipinski definition) is 6. The maximum Gasteiger partial charge on any atom is 0.161 e. The summed E-state index contributed by atoms with van der Waals surface area (Å²) in [6.45, 7) is -0.465. The third-order valence-electron chi connectivity index (χ3n) is 9.22. The molecule has 6 heteroatoms. The van der Waals surface area contributed by atoms with Crippen LogP contribution in [0.15, 0.2) is 36.4 Å². The molecule has 0 bridgehead atoms. The van der Waals surface area contributed by atoms with Gasteiger partial charge in [-0.2, -0.15) is 0 Å². The van der Waals surface area contributed by atoms with Crippen LogP contribution in [0, 0.1) is 0 Å². The average Bonchev–Trinajstić information content (AvgIpc) is 3.01. The van der Waals surface area contributed by atoms with Crippen LogP contribution in [0.25, 0.3) is 0 Å². The number of aromatic hydroxyl groups is 3. The van der Waals surface area contributed by atoms with Crippen molar-refractivity contribution in [3.63, 3.8) is 0 Å². The lowest BCUT2D eigenvalue weighted by Gasteiger charge is -2.25. The van der Waals surface area contributed by atoms with Crippen molar-refractivity contribution < 1.29 is 30.3 Å². The summed E-state index contributed by atoms with van der Waals surface area (Å²) in [5, 5.41) is 52.8. The van der Waals surface area contributed by atoms with E-state index in [0.717, 1.165) is 79.2 Å². The number of phenolic OH excluding ortho intramolecular Hbond substituents is 1. The molecule has 0 heterocycles. The van der Waals surface area contributed by atoms with Gasteiger partial charge < -0.3 is 30.3 Å². The van der Waals surface area contributed by atoms with Gasteiger partial charge in [0.2, 0.25) is 0 Å². The highest BCUT2D eigenvalue weighted by Gasteiger charge is 2.23. The first kappa shape index (κ1) is 29.3. The predicted octanol–water partition coefficient (Wildman–Crippen LogP) is 7.07. The van der Waals surface area contributed by atoms with E-state index in [2.05, 4.69) is 6.07 Å². The molecule has 5 rings (SSSR count). The Morgan fingerprint density at radius 3 is 1.46 bits per heavy atom. The van der Waals surface area contributed by atoms with Gasteiger partial charge in [0.1, 0.15) is 11.5 Å². The molecule has 2 aliphatic rings. The Morgan fingerprint density at radius 2 is 1.00 bits per heavy atom. The van der Waals surface area contributed by atoms with Crippen molar-refractivity contribution >= 4 is 0 Å². The molecule has 220 valence electrons. The number of rotatable bonds is 9. The van der Waals surface area contributed by atoms with E-state index in [1.807, 2.05) is 30.3 Å². The van der Waals surface area contributed by atoms with Crippen LogP contribution in [-0.2, 0) is 26.1 Å². The van der Waals surface area contributed by atoms with Crippen LogP contribution in [0.1, 0.15) is 121 Å². The summed E-state index contributed by atoms with van der Waals surface area (Å²) in [4.78, 5) is 0. The highest BCUT2D eigenvalue weighted by atomic mass is 16.5. The fourth-order valence-corrected chi connectivity index (χ4v) is 7.05. The second kappa shape index (κ2) is 13.2. The molecule has 6 nitrogen and oxygen atoms in total.